The quantitative estimate of drug-likeness (QED) is 0.693. The van der Waals surface area contributed by atoms with Crippen molar-refractivity contribution in [1.82, 2.24) is 5.32 Å². The number of rotatable bonds is 4. The highest BCUT2D eigenvalue weighted by Gasteiger charge is 2.15. The van der Waals surface area contributed by atoms with Gasteiger partial charge in [0, 0.05) is 0 Å². The van der Waals surface area contributed by atoms with Gasteiger partial charge in [0.15, 0.2) is 0 Å². The fourth-order valence-corrected chi connectivity index (χ4v) is 1.36. The molecule has 0 bridgehead atoms. The zero-order chi connectivity index (χ0) is 11.7. The highest BCUT2D eigenvalue weighted by molar-refractivity contribution is 5.22. The Labute approximate surface area is 95.0 Å². The molecule has 0 atom stereocenters. The number of hydrogen-bond acceptors (Lipinski definition) is 1. The Bertz CT molecular complexity index is 232. The lowest BCUT2D eigenvalue weighted by molar-refractivity contribution is 0.346. The van der Waals surface area contributed by atoms with Crippen LogP contribution < -0.4 is 5.32 Å². The molecule has 1 heterocycles. The fourth-order valence-electron chi connectivity index (χ4n) is 1.36. The van der Waals surface area contributed by atoms with Crippen molar-refractivity contribution >= 4 is 0 Å². The third-order valence-corrected chi connectivity index (χ3v) is 2.43. The Hall–Kier alpha value is -0.820. The number of nitrogens with one attached hydrogen (secondary N) is 1. The molecule has 1 N–H and O–H groups in total. The van der Waals surface area contributed by atoms with E-state index in [2.05, 4.69) is 37.9 Å². The maximum Gasteiger partial charge on any atom is -0.000518 e. The van der Waals surface area contributed by atoms with E-state index in [1.807, 2.05) is 19.9 Å². The molecule has 86 valence electrons. The van der Waals surface area contributed by atoms with Crippen LogP contribution in [0.25, 0.3) is 0 Å². The van der Waals surface area contributed by atoms with Gasteiger partial charge in [-0.2, -0.15) is 0 Å². The summed E-state index contributed by atoms with van der Waals surface area (Å²) in [5, 5.41) is 3.28. The monoisotopic (exact) mass is 207 g/mol. The van der Waals surface area contributed by atoms with Crippen molar-refractivity contribution in [2.75, 3.05) is 13.1 Å². The standard InChI is InChI=1S/C12H19N.C2H6/c1-4-10(2)5-6-11(3)7-12-8-13-9-12;1-2/h4-6,12-13H,1,7-9H2,2-3H3;1-2H3/b10-5-,11-6+;. The zero-order valence-electron chi connectivity index (χ0n) is 10.6. The molecule has 0 aromatic rings. The van der Waals surface area contributed by atoms with Crippen molar-refractivity contribution in [3.8, 4) is 0 Å². The molecule has 0 radical (unpaired) electrons. The average Bonchev–Trinajstić information content (AvgIpc) is 2.23. The van der Waals surface area contributed by atoms with Crippen molar-refractivity contribution in [3.05, 3.63) is 36.0 Å². The Kier molecular flexibility index (Phi) is 8.02. The largest absolute Gasteiger partial charge is 0.316 e. The molecule has 0 saturated carbocycles. The summed E-state index contributed by atoms with van der Waals surface area (Å²) in [7, 11) is 0. The first-order valence-electron chi connectivity index (χ1n) is 5.89. The van der Waals surface area contributed by atoms with E-state index in [1.165, 1.54) is 30.7 Å². The summed E-state index contributed by atoms with van der Waals surface area (Å²) in [5.41, 5.74) is 2.69. The van der Waals surface area contributed by atoms with Crippen LogP contribution in [0.15, 0.2) is 36.0 Å². The van der Waals surface area contributed by atoms with E-state index in [9.17, 15) is 0 Å². The average molecular weight is 207 g/mol. The molecule has 1 aliphatic rings. The minimum Gasteiger partial charge on any atom is -0.316 e. The summed E-state index contributed by atoms with van der Waals surface area (Å²) >= 11 is 0. The lowest BCUT2D eigenvalue weighted by Gasteiger charge is -2.27. The Morgan fingerprint density at radius 2 is 1.87 bits per heavy atom. The van der Waals surface area contributed by atoms with Gasteiger partial charge in [-0.15, -0.1) is 0 Å². The first-order chi connectivity index (χ1) is 7.22. The van der Waals surface area contributed by atoms with E-state index in [1.54, 1.807) is 0 Å². The van der Waals surface area contributed by atoms with E-state index in [0.29, 0.717) is 0 Å². The highest BCUT2D eigenvalue weighted by Crippen LogP contribution is 2.15. The predicted molar refractivity (Wildman–Crippen MR) is 70.0 cm³/mol. The van der Waals surface area contributed by atoms with E-state index in [0.717, 1.165) is 5.92 Å². The van der Waals surface area contributed by atoms with Crippen molar-refractivity contribution in [2.45, 2.75) is 34.1 Å². The molecule has 1 nitrogen and oxygen atoms in total. The number of allylic oxidation sites excluding steroid dienone is 5. The van der Waals surface area contributed by atoms with Crippen LogP contribution in [0.4, 0.5) is 0 Å². The molecule has 0 unspecified atom stereocenters. The van der Waals surface area contributed by atoms with Crippen molar-refractivity contribution in [1.29, 1.82) is 0 Å². The van der Waals surface area contributed by atoms with Crippen molar-refractivity contribution in [3.63, 3.8) is 0 Å². The SMILES string of the molecule is C=C/C(C)=C\C=C(/C)CC1CNC1.CC. The van der Waals surface area contributed by atoms with Crippen LogP contribution in [0, 0.1) is 5.92 Å². The molecular formula is C14H25N. The van der Waals surface area contributed by atoms with Crippen LogP contribution in [0.3, 0.4) is 0 Å². The van der Waals surface area contributed by atoms with Gasteiger partial charge in [-0.05, 0) is 39.3 Å². The van der Waals surface area contributed by atoms with Gasteiger partial charge in [0.25, 0.3) is 0 Å². The van der Waals surface area contributed by atoms with Crippen LogP contribution in [0.5, 0.6) is 0 Å². The lowest BCUT2D eigenvalue weighted by Crippen LogP contribution is -2.41. The van der Waals surface area contributed by atoms with Gasteiger partial charge in [-0.3, -0.25) is 0 Å². The third-order valence-electron chi connectivity index (χ3n) is 2.43. The molecule has 0 aliphatic carbocycles. The molecule has 0 amide bonds. The van der Waals surface area contributed by atoms with Crippen LogP contribution >= 0.6 is 0 Å². The molecule has 15 heavy (non-hydrogen) atoms. The normalized spacial score (nSPS) is 17.6. The molecular weight excluding hydrogens is 182 g/mol. The summed E-state index contributed by atoms with van der Waals surface area (Å²) < 4.78 is 0. The zero-order valence-corrected chi connectivity index (χ0v) is 10.6. The molecule has 1 heteroatoms. The van der Waals surface area contributed by atoms with Gasteiger partial charge in [-0.25, -0.2) is 0 Å². The lowest BCUT2D eigenvalue weighted by atomic mass is 9.95. The summed E-state index contributed by atoms with van der Waals surface area (Å²) in [5.74, 6) is 0.869. The predicted octanol–water partition coefficient (Wildman–Crippen LogP) is 3.70. The molecule has 1 fully saturated rings. The van der Waals surface area contributed by atoms with Crippen LogP contribution in [-0.2, 0) is 0 Å². The maximum absolute atomic E-state index is 3.72. The fraction of sp³-hybridized carbons (Fsp3) is 0.571. The minimum atomic E-state index is 0.869. The van der Waals surface area contributed by atoms with Gasteiger partial charge in [0.05, 0.1) is 0 Å². The van der Waals surface area contributed by atoms with Gasteiger partial charge < -0.3 is 5.32 Å². The van der Waals surface area contributed by atoms with Crippen molar-refractivity contribution in [2.24, 2.45) is 5.92 Å². The summed E-state index contributed by atoms with van der Waals surface area (Å²) in [6, 6.07) is 0. The van der Waals surface area contributed by atoms with E-state index in [4.69, 9.17) is 0 Å². The highest BCUT2D eigenvalue weighted by atomic mass is 14.9. The molecule has 0 spiro atoms. The van der Waals surface area contributed by atoms with Gasteiger partial charge in [-0.1, -0.05) is 49.8 Å². The smallest absolute Gasteiger partial charge is 0.000518 e. The Morgan fingerprint density at radius 3 is 2.27 bits per heavy atom. The van der Waals surface area contributed by atoms with E-state index in [-0.39, 0.29) is 0 Å². The molecule has 0 aromatic carbocycles. The van der Waals surface area contributed by atoms with Crippen LogP contribution in [-0.4, -0.2) is 13.1 Å². The summed E-state index contributed by atoms with van der Waals surface area (Å²) in [4.78, 5) is 0. The van der Waals surface area contributed by atoms with Crippen LogP contribution in [0.2, 0.25) is 0 Å². The van der Waals surface area contributed by atoms with Gasteiger partial charge >= 0.3 is 0 Å². The van der Waals surface area contributed by atoms with E-state index >= 15 is 0 Å². The number of hydrogen-bond donors (Lipinski definition) is 1. The van der Waals surface area contributed by atoms with Crippen molar-refractivity contribution < 1.29 is 0 Å². The molecule has 1 saturated heterocycles. The second kappa shape index (κ2) is 8.49. The first kappa shape index (κ1) is 14.2. The second-order valence-corrected chi connectivity index (χ2v) is 3.86. The van der Waals surface area contributed by atoms with Gasteiger partial charge in [0.1, 0.15) is 0 Å². The molecule has 1 aliphatic heterocycles. The van der Waals surface area contributed by atoms with Gasteiger partial charge in [0.2, 0.25) is 0 Å². The third kappa shape index (κ3) is 6.29. The minimum absolute atomic E-state index is 0.869. The molecule has 1 rings (SSSR count). The van der Waals surface area contributed by atoms with Crippen LogP contribution in [0.1, 0.15) is 34.1 Å². The summed E-state index contributed by atoms with van der Waals surface area (Å²) in [6.07, 6.45) is 7.45. The summed E-state index contributed by atoms with van der Waals surface area (Å²) in [6.45, 7) is 14.4. The Balaban J connectivity index is 0.000000921. The second-order valence-electron chi connectivity index (χ2n) is 3.86. The molecule has 0 aromatic heterocycles. The first-order valence-corrected chi connectivity index (χ1v) is 5.89. The Morgan fingerprint density at radius 1 is 1.27 bits per heavy atom. The topological polar surface area (TPSA) is 12.0 Å². The maximum atomic E-state index is 3.72. The van der Waals surface area contributed by atoms with E-state index < -0.39 is 0 Å².